The molecule has 0 aromatic rings. The molecule has 1 aliphatic heterocycles. The first-order chi connectivity index (χ1) is 14.4. The lowest BCUT2D eigenvalue weighted by molar-refractivity contribution is -0.189. The quantitative estimate of drug-likeness (QED) is 0.358. The highest BCUT2D eigenvalue weighted by Crippen LogP contribution is 2.49. The zero-order chi connectivity index (χ0) is 23.6. The Morgan fingerprint density at radius 1 is 0.903 bits per heavy atom. The summed E-state index contributed by atoms with van der Waals surface area (Å²) in [6, 6.07) is 0. The summed E-state index contributed by atoms with van der Waals surface area (Å²) in [7, 11) is -5.22. The second kappa shape index (κ2) is 11.1. The Hall–Kier alpha value is 0.194. The lowest BCUT2D eigenvalue weighted by atomic mass is 10.1. The SMILES string of the molecule is CCOC(C)O[C@@H]1[C@H](CO)C[C@@H]2CO[Si](C(C)C)(C(C)C)O[Si](C(C)C)(C(C)C)O[C@H]21. The third-order valence-corrected chi connectivity index (χ3v) is 17.5. The molecule has 0 bridgehead atoms. The van der Waals surface area contributed by atoms with Gasteiger partial charge in [-0.05, 0) is 42.4 Å². The van der Waals surface area contributed by atoms with E-state index in [0.717, 1.165) is 6.42 Å². The van der Waals surface area contributed by atoms with Gasteiger partial charge >= 0.3 is 17.1 Å². The van der Waals surface area contributed by atoms with Gasteiger partial charge in [-0.1, -0.05) is 55.4 Å². The second-order valence-electron chi connectivity index (χ2n) is 10.6. The molecule has 0 spiro atoms. The largest absolute Gasteiger partial charge is 0.414 e. The van der Waals surface area contributed by atoms with E-state index in [2.05, 4.69) is 55.4 Å². The lowest BCUT2D eigenvalue weighted by Crippen LogP contribution is -2.65. The number of rotatable bonds is 9. The van der Waals surface area contributed by atoms with Crippen LogP contribution in [0.4, 0.5) is 0 Å². The normalized spacial score (nSPS) is 31.8. The zero-order valence-corrected chi connectivity index (χ0v) is 23.5. The fraction of sp³-hybridized carbons (Fsp3) is 1.00. The van der Waals surface area contributed by atoms with Gasteiger partial charge < -0.3 is 27.5 Å². The van der Waals surface area contributed by atoms with Gasteiger partial charge in [-0.2, -0.15) is 0 Å². The summed E-state index contributed by atoms with van der Waals surface area (Å²) < 4.78 is 33.3. The highest BCUT2D eigenvalue weighted by Gasteiger charge is 2.61. The Labute approximate surface area is 192 Å². The van der Waals surface area contributed by atoms with Crippen molar-refractivity contribution in [3.63, 3.8) is 0 Å². The van der Waals surface area contributed by atoms with E-state index >= 15 is 0 Å². The third-order valence-electron chi connectivity index (χ3n) is 7.22. The molecule has 1 saturated carbocycles. The van der Waals surface area contributed by atoms with Crippen LogP contribution in [0.3, 0.4) is 0 Å². The maximum atomic E-state index is 10.2. The molecule has 0 aromatic heterocycles. The first kappa shape index (κ1) is 27.4. The summed E-state index contributed by atoms with van der Waals surface area (Å²) in [5.74, 6) is 0.202. The number of aliphatic hydroxyl groups is 1. The van der Waals surface area contributed by atoms with Gasteiger partial charge in [0.15, 0.2) is 6.29 Å². The highest BCUT2D eigenvalue weighted by molar-refractivity contribution is 6.83. The van der Waals surface area contributed by atoms with Crippen LogP contribution in [0.25, 0.3) is 0 Å². The zero-order valence-electron chi connectivity index (χ0n) is 21.5. The molecular weight excluding hydrogens is 428 g/mol. The molecule has 1 aliphatic carbocycles. The standard InChI is InChI=1S/C23H48O6Si2/c1-11-25-19(10)27-22-20(13-24)12-21-14-26-30(15(2)3,16(4)5)29-31(17(6)7,18(8)9)28-23(21)22/h15-24H,11-14H2,1-10H3/t19?,20-,21+,22+,23+/m0/s1. The molecule has 0 radical (unpaired) electrons. The van der Waals surface area contributed by atoms with Gasteiger partial charge in [0.25, 0.3) is 0 Å². The van der Waals surface area contributed by atoms with E-state index in [-0.39, 0.29) is 48.0 Å². The van der Waals surface area contributed by atoms with Gasteiger partial charge in [-0.3, -0.25) is 0 Å². The number of hydrogen-bond acceptors (Lipinski definition) is 6. The average molecular weight is 477 g/mol. The third kappa shape index (κ3) is 5.48. The number of aliphatic hydroxyl groups excluding tert-OH is 1. The predicted octanol–water partition coefficient (Wildman–Crippen LogP) is 5.34. The molecule has 1 heterocycles. The molecular formula is C23H48O6Si2. The van der Waals surface area contributed by atoms with Crippen LogP contribution in [0.1, 0.15) is 75.7 Å². The van der Waals surface area contributed by atoms with E-state index in [4.69, 9.17) is 22.4 Å². The smallest absolute Gasteiger partial charge is 0.335 e. The van der Waals surface area contributed by atoms with Crippen LogP contribution in [0.5, 0.6) is 0 Å². The molecule has 1 unspecified atom stereocenters. The summed E-state index contributed by atoms with van der Waals surface area (Å²) in [6.07, 6.45) is 0.127. The summed E-state index contributed by atoms with van der Waals surface area (Å²) in [5, 5.41) is 10.2. The van der Waals surface area contributed by atoms with Crippen molar-refractivity contribution in [2.24, 2.45) is 11.8 Å². The van der Waals surface area contributed by atoms with Crippen molar-refractivity contribution in [3.8, 4) is 0 Å². The molecule has 6 nitrogen and oxygen atoms in total. The minimum Gasteiger partial charge on any atom is -0.414 e. The first-order valence-corrected chi connectivity index (χ1v) is 16.3. The average Bonchev–Trinajstić information content (AvgIpc) is 2.96. The van der Waals surface area contributed by atoms with Crippen molar-refractivity contribution in [1.29, 1.82) is 0 Å². The van der Waals surface area contributed by atoms with Gasteiger partial charge in [0.05, 0.1) is 12.2 Å². The fourth-order valence-corrected chi connectivity index (χ4v) is 16.8. The molecule has 0 aromatic carbocycles. The van der Waals surface area contributed by atoms with Crippen molar-refractivity contribution in [1.82, 2.24) is 0 Å². The van der Waals surface area contributed by atoms with E-state index < -0.39 is 17.1 Å². The lowest BCUT2D eigenvalue weighted by Gasteiger charge is -2.52. The van der Waals surface area contributed by atoms with Gasteiger partial charge in [-0.15, -0.1) is 0 Å². The summed E-state index contributed by atoms with van der Waals surface area (Å²) in [5.41, 5.74) is 1.21. The monoisotopic (exact) mass is 476 g/mol. The van der Waals surface area contributed by atoms with Crippen molar-refractivity contribution >= 4 is 17.1 Å². The topological polar surface area (TPSA) is 66.4 Å². The van der Waals surface area contributed by atoms with E-state index in [1.165, 1.54) is 0 Å². The second-order valence-corrected chi connectivity index (χ2v) is 19.5. The molecule has 2 fully saturated rings. The first-order valence-electron chi connectivity index (χ1n) is 12.3. The Morgan fingerprint density at radius 3 is 1.90 bits per heavy atom. The van der Waals surface area contributed by atoms with E-state index in [9.17, 15) is 5.11 Å². The Kier molecular flexibility index (Phi) is 9.81. The molecule has 2 rings (SSSR count). The van der Waals surface area contributed by atoms with Crippen LogP contribution in [0.2, 0.25) is 22.2 Å². The van der Waals surface area contributed by atoms with E-state index in [1.807, 2.05) is 13.8 Å². The van der Waals surface area contributed by atoms with Crippen molar-refractivity contribution in [2.45, 2.75) is 116 Å². The molecule has 2 aliphatic rings. The molecule has 1 N–H and O–H groups in total. The fourth-order valence-electron chi connectivity index (χ4n) is 5.55. The van der Waals surface area contributed by atoms with Gasteiger partial charge in [0, 0.05) is 31.7 Å². The van der Waals surface area contributed by atoms with Crippen LogP contribution in [-0.4, -0.2) is 60.5 Å². The maximum Gasteiger partial charge on any atom is 0.335 e. The van der Waals surface area contributed by atoms with Crippen LogP contribution in [0.15, 0.2) is 0 Å². The molecule has 1 saturated heterocycles. The minimum absolute atomic E-state index is 0.0137. The van der Waals surface area contributed by atoms with Crippen LogP contribution in [0, 0.1) is 11.8 Å². The minimum atomic E-state index is -2.69. The molecule has 8 heteroatoms. The Bertz CT molecular complexity index is 540. The molecule has 5 atom stereocenters. The van der Waals surface area contributed by atoms with Gasteiger partial charge in [0.2, 0.25) is 0 Å². The van der Waals surface area contributed by atoms with Gasteiger partial charge in [0.1, 0.15) is 0 Å². The van der Waals surface area contributed by atoms with Gasteiger partial charge in [-0.25, -0.2) is 0 Å². The summed E-state index contributed by atoms with van der Waals surface area (Å²) in [6.45, 7) is 23.1. The van der Waals surface area contributed by atoms with Crippen molar-refractivity contribution in [3.05, 3.63) is 0 Å². The Morgan fingerprint density at radius 2 is 1.45 bits per heavy atom. The number of ether oxygens (including phenoxy) is 2. The van der Waals surface area contributed by atoms with Crippen LogP contribution >= 0.6 is 0 Å². The molecule has 184 valence electrons. The molecule has 0 amide bonds. The van der Waals surface area contributed by atoms with Crippen LogP contribution in [-0.2, 0) is 22.4 Å². The van der Waals surface area contributed by atoms with Crippen LogP contribution < -0.4 is 0 Å². The Balaban J connectivity index is 2.51. The molecule has 31 heavy (non-hydrogen) atoms. The number of fused-ring (bicyclic) bond motifs is 1. The number of hydrogen-bond donors (Lipinski definition) is 1. The van der Waals surface area contributed by atoms with Crippen molar-refractivity contribution < 1.29 is 27.5 Å². The summed E-state index contributed by atoms with van der Waals surface area (Å²) >= 11 is 0. The van der Waals surface area contributed by atoms with E-state index in [1.54, 1.807) is 0 Å². The van der Waals surface area contributed by atoms with E-state index in [0.29, 0.717) is 24.3 Å². The maximum absolute atomic E-state index is 10.2. The summed E-state index contributed by atoms with van der Waals surface area (Å²) in [4.78, 5) is 0. The predicted molar refractivity (Wildman–Crippen MR) is 128 cm³/mol. The highest BCUT2D eigenvalue weighted by atomic mass is 28.5. The van der Waals surface area contributed by atoms with Crippen molar-refractivity contribution in [2.75, 3.05) is 19.8 Å².